The highest BCUT2D eigenvalue weighted by Gasteiger charge is 2.32. The predicted octanol–water partition coefficient (Wildman–Crippen LogP) is 2.88. The van der Waals surface area contributed by atoms with Crippen LogP contribution in [0.1, 0.15) is 24.5 Å². The van der Waals surface area contributed by atoms with Gasteiger partial charge in [0.1, 0.15) is 5.82 Å². The number of carbonyl (C=O) groups excluding carboxylic acids is 1. The van der Waals surface area contributed by atoms with Crippen LogP contribution in [0.15, 0.2) is 23.8 Å². The number of benzene rings is 1. The van der Waals surface area contributed by atoms with Gasteiger partial charge in [-0.05, 0) is 30.2 Å². The highest BCUT2D eigenvalue weighted by atomic mass is 19.4. The maximum atomic E-state index is 14.1. The van der Waals surface area contributed by atoms with Gasteiger partial charge in [-0.2, -0.15) is 18.4 Å². The third-order valence-electron chi connectivity index (χ3n) is 3.42. The monoisotopic (exact) mass is 327 g/mol. The van der Waals surface area contributed by atoms with Crippen LogP contribution in [0.5, 0.6) is 0 Å². The highest BCUT2D eigenvalue weighted by Crippen LogP contribution is 2.33. The lowest BCUT2D eigenvalue weighted by Crippen LogP contribution is -2.22. The van der Waals surface area contributed by atoms with E-state index in [2.05, 4.69) is 5.32 Å². The van der Waals surface area contributed by atoms with Crippen LogP contribution >= 0.6 is 0 Å². The number of rotatable bonds is 2. The minimum absolute atomic E-state index is 0.00106. The first-order valence-corrected chi connectivity index (χ1v) is 6.73. The summed E-state index contributed by atoms with van der Waals surface area (Å²) in [7, 11) is 0. The van der Waals surface area contributed by atoms with Gasteiger partial charge in [-0.25, -0.2) is 4.39 Å². The van der Waals surface area contributed by atoms with Crippen molar-refractivity contribution in [3.8, 4) is 6.19 Å². The molecule has 0 aliphatic carbocycles. The van der Waals surface area contributed by atoms with E-state index in [1.54, 1.807) is 0 Å². The quantitative estimate of drug-likeness (QED) is 0.671. The fourth-order valence-electron chi connectivity index (χ4n) is 2.36. The molecule has 0 aromatic heterocycles. The lowest BCUT2D eigenvalue weighted by atomic mass is 10.0. The Morgan fingerprint density at radius 3 is 2.61 bits per heavy atom. The molecule has 1 N–H and O–H groups in total. The summed E-state index contributed by atoms with van der Waals surface area (Å²) in [6.45, 7) is 1.69. The van der Waals surface area contributed by atoms with Gasteiger partial charge in [-0.15, -0.1) is 0 Å². The standard InChI is InChI=1S/C15H13F4N3O/c1-9(23)21-14(10-4-5-22(7-10)8-20)12-6-11(15(17,18)19)2-3-13(12)16/h2-3,6H,4-5,7H2,1H3,(H,21,23)/b14-10-. The Bertz CT molecular complexity index is 704. The summed E-state index contributed by atoms with van der Waals surface area (Å²) >= 11 is 0. The molecule has 0 unspecified atom stereocenters. The Morgan fingerprint density at radius 1 is 1.39 bits per heavy atom. The molecule has 0 bridgehead atoms. The Hall–Kier alpha value is -2.56. The fraction of sp³-hybridized carbons (Fsp3) is 0.333. The first kappa shape index (κ1) is 16.8. The molecule has 0 radical (unpaired) electrons. The second-order valence-electron chi connectivity index (χ2n) is 5.12. The van der Waals surface area contributed by atoms with Crippen molar-refractivity contribution in [2.75, 3.05) is 13.1 Å². The molecule has 1 fully saturated rings. The van der Waals surface area contributed by atoms with E-state index in [0.29, 0.717) is 30.7 Å². The van der Waals surface area contributed by atoms with Gasteiger partial charge in [-0.1, -0.05) is 0 Å². The van der Waals surface area contributed by atoms with Crippen LogP contribution in [-0.2, 0) is 11.0 Å². The average molecular weight is 327 g/mol. The number of carbonyl (C=O) groups is 1. The number of nitriles is 1. The normalized spacial score (nSPS) is 17.0. The SMILES string of the molecule is CC(=O)N/C(=C1/CCN(C#N)C1)c1cc(C(F)(F)F)ccc1F. The second kappa shape index (κ2) is 6.28. The van der Waals surface area contributed by atoms with Crippen LogP contribution in [-0.4, -0.2) is 23.9 Å². The van der Waals surface area contributed by atoms with E-state index in [1.807, 2.05) is 6.19 Å². The molecule has 1 heterocycles. The smallest absolute Gasteiger partial charge is 0.326 e. The molecule has 23 heavy (non-hydrogen) atoms. The topological polar surface area (TPSA) is 56.1 Å². The lowest BCUT2D eigenvalue weighted by molar-refractivity contribution is -0.137. The minimum atomic E-state index is -4.62. The van der Waals surface area contributed by atoms with Crippen molar-refractivity contribution in [1.29, 1.82) is 5.26 Å². The number of hydrogen-bond donors (Lipinski definition) is 1. The molecule has 1 amide bonds. The summed E-state index contributed by atoms with van der Waals surface area (Å²) < 4.78 is 52.6. The van der Waals surface area contributed by atoms with Gasteiger partial charge in [0.25, 0.3) is 0 Å². The van der Waals surface area contributed by atoms with Crippen molar-refractivity contribution < 1.29 is 22.4 Å². The van der Waals surface area contributed by atoms with Crippen LogP contribution in [0.25, 0.3) is 5.70 Å². The Kier molecular flexibility index (Phi) is 4.59. The van der Waals surface area contributed by atoms with Gasteiger partial charge in [-0.3, -0.25) is 4.79 Å². The molecule has 0 atom stereocenters. The van der Waals surface area contributed by atoms with Crippen molar-refractivity contribution in [2.45, 2.75) is 19.5 Å². The Labute approximate surface area is 130 Å². The van der Waals surface area contributed by atoms with E-state index in [1.165, 1.54) is 11.8 Å². The van der Waals surface area contributed by atoms with Crippen LogP contribution < -0.4 is 5.32 Å². The predicted molar refractivity (Wildman–Crippen MR) is 73.9 cm³/mol. The number of nitrogens with zero attached hydrogens (tertiary/aromatic N) is 2. The summed E-state index contributed by atoms with van der Waals surface area (Å²) in [4.78, 5) is 12.7. The third-order valence-corrected chi connectivity index (χ3v) is 3.42. The number of alkyl halides is 3. The van der Waals surface area contributed by atoms with E-state index in [4.69, 9.17) is 5.26 Å². The van der Waals surface area contributed by atoms with Crippen molar-refractivity contribution in [1.82, 2.24) is 10.2 Å². The van der Waals surface area contributed by atoms with E-state index >= 15 is 0 Å². The van der Waals surface area contributed by atoms with E-state index in [-0.39, 0.29) is 17.8 Å². The number of nitrogens with one attached hydrogen (secondary N) is 1. The maximum Gasteiger partial charge on any atom is 0.416 e. The molecule has 0 spiro atoms. The van der Waals surface area contributed by atoms with E-state index < -0.39 is 23.5 Å². The molecular weight excluding hydrogens is 314 g/mol. The van der Waals surface area contributed by atoms with Crippen LogP contribution in [0, 0.1) is 17.3 Å². The molecule has 4 nitrogen and oxygen atoms in total. The van der Waals surface area contributed by atoms with E-state index in [9.17, 15) is 22.4 Å². The third kappa shape index (κ3) is 3.80. The molecule has 1 saturated heterocycles. The number of hydrogen-bond acceptors (Lipinski definition) is 3. The summed E-state index contributed by atoms with van der Waals surface area (Å²) in [5, 5.41) is 11.3. The molecule has 1 aromatic rings. The van der Waals surface area contributed by atoms with Crippen molar-refractivity contribution in [3.63, 3.8) is 0 Å². The minimum Gasteiger partial charge on any atom is -0.326 e. The number of halogens is 4. The second-order valence-corrected chi connectivity index (χ2v) is 5.12. The Morgan fingerprint density at radius 2 is 2.09 bits per heavy atom. The largest absolute Gasteiger partial charge is 0.416 e. The molecule has 1 aliphatic rings. The van der Waals surface area contributed by atoms with E-state index in [0.717, 1.165) is 6.07 Å². The Balaban J connectivity index is 2.55. The molecule has 1 aromatic carbocycles. The summed E-state index contributed by atoms with van der Waals surface area (Å²) in [6, 6.07) is 2.03. The molecule has 0 saturated carbocycles. The number of likely N-dealkylation sites (tertiary alicyclic amines) is 1. The zero-order valence-electron chi connectivity index (χ0n) is 12.2. The van der Waals surface area contributed by atoms with Crippen molar-refractivity contribution in [2.24, 2.45) is 0 Å². The zero-order chi connectivity index (χ0) is 17.2. The zero-order valence-corrected chi connectivity index (χ0v) is 12.2. The van der Waals surface area contributed by atoms with Crippen molar-refractivity contribution >= 4 is 11.6 Å². The van der Waals surface area contributed by atoms with Gasteiger partial charge in [0, 0.05) is 19.0 Å². The maximum absolute atomic E-state index is 14.1. The first-order valence-electron chi connectivity index (χ1n) is 6.73. The number of amides is 1. The van der Waals surface area contributed by atoms with Crippen molar-refractivity contribution in [3.05, 3.63) is 40.7 Å². The average Bonchev–Trinajstić information content (AvgIpc) is 2.93. The van der Waals surface area contributed by atoms with Crippen LogP contribution in [0.4, 0.5) is 17.6 Å². The van der Waals surface area contributed by atoms with Gasteiger partial charge in [0.15, 0.2) is 6.19 Å². The van der Waals surface area contributed by atoms with Crippen LogP contribution in [0.2, 0.25) is 0 Å². The fourth-order valence-corrected chi connectivity index (χ4v) is 2.36. The molecule has 1 aliphatic heterocycles. The van der Waals surface area contributed by atoms with Gasteiger partial charge >= 0.3 is 6.18 Å². The molecule has 2 rings (SSSR count). The highest BCUT2D eigenvalue weighted by molar-refractivity contribution is 5.86. The molecule has 122 valence electrons. The van der Waals surface area contributed by atoms with Crippen LogP contribution in [0.3, 0.4) is 0 Å². The van der Waals surface area contributed by atoms with Gasteiger partial charge < -0.3 is 10.2 Å². The van der Waals surface area contributed by atoms with Gasteiger partial charge in [0.2, 0.25) is 5.91 Å². The molecule has 8 heteroatoms. The summed E-state index contributed by atoms with van der Waals surface area (Å²) in [5.41, 5.74) is -0.823. The summed E-state index contributed by atoms with van der Waals surface area (Å²) in [6.07, 6.45) is -2.35. The first-order chi connectivity index (χ1) is 10.7. The van der Waals surface area contributed by atoms with Gasteiger partial charge in [0.05, 0.1) is 17.8 Å². The lowest BCUT2D eigenvalue weighted by Gasteiger charge is -2.15. The molecular formula is C15H13F4N3O. The summed E-state index contributed by atoms with van der Waals surface area (Å²) in [5.74, 6) is -1.40.